The third-order valence-corrected chi connectivity index (χ3v) is 4.42. The number of guanidine groups is 1. The molecule has 0 aromatic heterocycles. The molecule has 0 radical (unpaired) electrons. The zero-order chi connectivity index (χ0) is 13.9. The Hall–Kier alpha value is -0.210. The third kappa shape index (κ3) is 4.14. The third-order valence-electron chi connectivity index (χ3n) is 4.42. The second-order valence-corrected chi connectivity index (χ2v) is 5.81. The summed E-state index contributed by atoms with van der Waals surface area (Å²) in [5.41, 5.74) is 4.09. The van der Waals surface area contributed by atoms with Gasteiger partial charge in [0, 0.05) is 6.04 Å². The Balaban J connectivity index is 0.00000200. The van der Waals surface area contributed by atoms with E-state index in [4.69, 9.17) is 5.73 Å². The Labute approximate surface area is 135 Å². The molecule has 7 heteroatoms. The maximum Gasteiger partial charge on any atom is 0.396 e. The lowest BCUT2D eigenvalue weighted by molar-refractivity contribution is -0.245. The number of alkyl halides is 3. The monoisotopic (exact) mass is 405 g/mol. The first-order chi connectivity index (χ1) is 8.93. The number of hydrogen-bond acceptors (Lipinski definition) is 1. The van der Waals surface area contributed by atoms with Gasteiger partial charge >= 0.3 is 6.18 Å². The first-order valence-corrected chi connectivity index (χ1v) is 7.06. The van der Waals surface area contributed by atoms with Crippen molar-refractivity contribution in [2.24, 2.45) is 16.1 Å². The first-order valence-electron chi connectivity index (χ1n) is 7.06. The van der Waals surface area contributed by atoms with Crippen molar-refractivity contribution in [3.63, 3.8) is 0 Å². The van der Waals surface area contributed by atoms with Crippen LogP contribution >= 0.6 is 24.0 Å². The molecule has 118 valence electrons. The van der Waals surface area contributed by atoms with Gasteiger partial charge in [0.05, 0.1) is 12.0 Å². The van der Waals surface area contributed by atoms with Crippen LogP contribution in [0.4, 0.5) is 13.2 Å². The Morgan fingerprint density at radius 2 is 1.75 bits per heavy atom. The molecule has 0 aromatic rings. The van der Waals surface area contributed by atoms with Gasteiger partial charge in [-0.05, 0) is 25.7 Å². The van der Waals surface area contributed by atoms with Crippen molar-refractivity contribution < 1.29 is 13.2 Å². The van der Waals surface area contributed by atoms with Crippen LogP contribution in [0.3, 0.4) is 0 Å². The largest absolute Gasteiger partial charge is 0.396 e. The smallest absolute Gasteiger partial charge is 0.370 e. The van der Waals surface area contributed by atoms with E-state index in [0.717, 1.165) is 25.7 Å². The molecular weight excluding hydrogens is 382 g/mol. The zero-order valence-corrected chi connectivity index (χ0v) is 13.8. The predicted octanol–water partition coefficient (Wildman–Crippen LogP) is 3.57. The minimum Gasteiger partial charge on any atom is -0.370 e. The lowest BCUT2D eigenvalue weighted by atomic mass is 9.68. The summed E-state index contributed by atoms with van der Waals surface area (Å²) in [6.45, 7) is -0.234. The highest BCUT2D eigenvalue weighted by Gasteiger charge is 2.58. The molecule has 2 fully saturated rings. The number of nitrogens with two attached hydrogens (primary N) is 1. The fourth-order valence-corrected chi connectivity index (χ4v) is 2.87. The predicted molar refractivity (Wildman–Crippen MR) is 84.3 cm³/mol. The van der Waals surface area contributed by atoms with Crippen molar-refractivity contribution in [2.75, 3.05) is 6.54 Å². The molecule has 2 aliphatic carbocycles. The Morgan fingerprint density at radius 3 is 2.20 bits per heavy atom. The van der Waals surface area contributed by atoms with Crippen molar-refractivity contribution in [3.05, 3.63) is 0 Å². The molecule has 20 heavy (non-hydrogen) atoms. The van der Waals surface area contributed by atoms with Gasteiger partial charge in [-0.25, -0.2) is 0 Å². The molecule has 0 amide bonds. The van der Waals surface area contributed by atoms with Crippen molar-refractivity contribution in [1.29, 1.82) is 0 Å². The summed E-state index contributed by atoms with van der Waals surface area (Å²) >= 11 is 0. The number of halogens is 4. The molecule has 3 nitrogen and oxygen atoms in total. The van der Waals surface area contributed by atoms with Crippen molar-refractivity contribution in [3.8, 4) is 0 Å². The van der Waals surface area contributed by atoms with E-state index in [9.17, 15) is 13.2 Å². The fourth-order valence-electron chi connectivity index (χ4n) is 2.87. The average molecular weight is 405 g/mol. The van der Waals surface area contributed by atoms with Crippen LogP contribution in [0.2, 0.25) is 0 Å². The number of hydrogen-bond donors (Lipinski definition) is 2. The highest BCUT2D eigenvalue weighted by molar-refractivity contribution is 14.0. The quantitative estimate of drug-likeness (QED) is 0.429. The van der Waals surface area contributed by atoms with E-state index in [1.54, 1.807) is 0 Å². The second kappa shape index (κ2) is 7.17. The van der Waals surface area contributed by atoms with Gasteiger partial charge in [0.15, 0.2) is 5.96 Å². The molecule has 0 saturated heterocycles. The van der Waals surface area contributed by atoms with E-state index in [1.807, 2.05) is 0 Å². The molecule has 0 unspecified atom stereocenters. The van der Waals surface area contributed by atoms with Crippen molar-refractivity contribution in [2.45, 2.75) is 63.6 Å². The van der Waals surface area contributed by atoms with E-state index in [1.165, 1.54) is 6.42 Å². The van der Waals surface area contributed by atoms with E-state index in [-0.39, 0.29) is 55.4 Å². The summed E-state index contributed by atoms with van der Waals surface area (Å²) in [6, 6.07) is 0.278. The molecule has 0 heterocycles. The number of rotatable bonds is 3. The number of aliphatic imine (C=N–C) groups is 1. The minimum atomic E-state index is -4.17. The zero-order valence-electron chi connectivity index (χ0n) is 11.5. The summed E-state index contributed by atoms with van der Waals surface area (Å²) in [4.78, 5) is 3.94. The number of nitrogens with one attached hydrogen (secondary N) is 1. The van der Waals surface area contributed by atoms with E-state index in [0.29, 0.717) is 6.42 Å². The molecule has 2 aliphatic rings. The lowest BCUT2D eigenvalue weighted by Crippen LogP contribution is -2.48. The van der Waals surface area contributed by atoms with E-state index >= 15 is 0 Å². The highest BCUT2D eigenvalue weighted by atomic mass is 127. The molecule has 0 atom stereocenters. The Bertz CT molecular complexity index is 334. The van der Waals surface area contributed by atoms with E-state index < -0.39 is 11.6 Å². The molecule has 0 aromatic carbocycles. The standard InChI is InChI=1S/C13H22F3N3.HI/c14-13(15,16)12(7-4-8-12)9-18-11(17)19-10-5-2-1-3-6-10;/h10H,1-9H2,(H3,17,18,19);1H. The summed E-state index contributed by atoms with van der Waals surface area (Å²) in [5.74, 6) is 0.169. The molecule has 2 saturated carbocycles. The van der Waals surface area contributed by atoms with Crippen LogP contribution in [0.25, 0.3) is 0 Å². The molecule has 0 aliphatic heterocycles. The van der Waals surface area contributed by atoms with Crippen LogP contribution in [0, 0.1) is 5.41 Å². The topological polar surface area (TPSA) is 50.4 Å². The van der Waals surface area contributed by atoms with Crippen LogP contribution in [0.1, 0.15) is 51.4 Å². The molecule has 3 N–H and O–H groups in total. The fraction of sp³-hybridized carbons (Fsp3) is 0.923. The van der Waals surface area contributed by atoms with Crippen LogP contribution in [0.15, 0.2) is 4.99 Å². The van der Waals surface area contributed by atoms with Crippen LogP contribution in [-0.2, 0) is 0 Å². The molecule has 0 bridgehead atoms. The summed E-state index contributed by atoms with van der Waals surface area (Å²) in [7, 11) is 0. The number of nitrogens with zero attached hydrogens (tertiary/aromatic N) is 1. The molecular formula is C13H23F3IN3. The first kappa shape index (κ1) is 17.8. The Morgan fingerprint density at radius 1 is 1.15 bits per heavy atom. The lowest BCUT2D eigenvalue weighted by Gasteiger charge is -2.42. The van der Waals surface area contributed by atoms with Crippen LogP contribution in [-0.4, -0.2) is 24.7 Å². The van der Waals surface area contributed by atoms with Gasteiger partial charge in [0.2, 0.25) is 0 Å². The van der Waals surface area contributed by atoms with Gasteiger partial charge in [0.1, 0.15) is 0 Å². The van der Waals surface area contributed by atoms with Crippen LogP contribution in [0.5, 0.6) is 0 Å². The average Bonchev–Trinajstić information content (AvgIpc) is 2.26. The minimum absolute atomic E-state index is 0. The van der Waals surface area contributed by atoms with Gasteiger partial charge in [-0.3, -0.25) is 4.99 Å². The molecule has 2 rings (SSSR count). The van der Waals surface area contributed by atoms with Crippen LogP contribution < -0.4 is 11.1 Å². The summed E-state index contributed by atoms with van der Waals surface area (Å²) in [5, 5.41) is 3.05. The highest BCUT2D eigenvalue weighted by Crippen LogP contribution is 2.53. The van der Waals surface area contributed by atoms with Gasteiger partial charge < -0.3 is 11.1 Å². The molecule has 0 spiro atoms. The van der Waals surface area contributed by atoms with Gasteiger partial charge in [-0.15, -0.1) is 24.0 Å². The van der Waals surface area contributed by atoms with Gasteiger partial charge in [0.25, 0.3) is 0 Å². The normalized spacial score (nSPS) is 23.6. The second-order valence-electron chi connectivity index (χ2n) is 5.81. The Kier molecular flexibility index (Phi) is 6.40. The van der Waals surface area contributed by atoms with E-state index in [2.05, 4.69) is 10.3 Å². The van der Waals surface area contributed by atoms with Crippen molar-refractivity contribution in [1.82, 2.24) is 5.32 Å². The van der Waals surface area contributed by atoms with Gasteiger partial charge in [-0.2, -0.15) is 13.2 Å². The van der Waals surface area contributed by atoms with Gasteiger partial charge in [-0.1, -0.05) is 25.7 Å². The summed E-state index contributed by atoms with van der Waals surface area (Å²) in [6.07, 6.45) is 2.40. The maximum atomic E-state index is 12.9. The van der Waals surface area contributed by atoms with Crippen molar-refractivity contribution >= 4 is 29.9 Å². The maximum absolute atomic E-state index is 12.9. The summed E-state index contributed by atoms with van der Waals surface area (Å²) < 4.78 is 38.8. The SMILES string of the molecule is I.NC(=NCC1(C(F)(F)F)CCC1)NC1CCCCC1.